The van der Waals surface area contributed by atoms with Crippen LogP contribution >= 0.6 is 0 Å². The average molecular weight is 513 g/mol. The molecule has 3 aliphatic heterocycles. The lowest BCUT2D eigenvalue weighted by atomic mass is 9.75. The minimum Gasteiger partial charge on any atom is -0.497 e. The van der Waals surface area contributed by atoms with Gasteiger partial charge in [0.25, 0.3) is 5.88 Å². The van der Waals surface area contributed by atoms with Crippen LogP contribution < -0.4 is 15.4 Å². The van der Waals surface area contributed by atoms with Crippen molar-refractivity contribution in [1.29, 1.82) is 0 Å². The van der Waals surface area contributed by atoms with Crippen LogP contribution in [-0.4, -0.2) is 61.0 Å². The van der Waals surface area contributed by atoms with Crippen molar-refractivity contribution in [2.24, 2.45) is 4.99 Å². The van der Waals surface area contributed by atoms with Crippen molar-refractivity contribution in [2.75, 3.05) is 20.3 Å². The number of para-hydroxylation sites is 1. The summed E-state index contributed by atoms with van der Waals surface area (Å²) < 4.78 is 47.0. The van der Waals surface area contributed by atoms with E-state index in [4.69, 9.17) is 14.2 Å². The second-order valence-electron chi connectivity index (χ2n) is 8.81. The van der Waals surface area contributed by atoms with Crippen molar-refractivity contribution >= 4 is 12.1 Å². The van der Waals surface area contributed by atoms with E-state index in [1.807, 2.05) is 0 Å². The molecule has 4 atom stereocenters. The third kappa shape index (κ3) is 4.39. The van der Waals surface area contributed by atoms with E-state index < -0.39 is 17.7 Å². The standard InChI is InChI=1S/C26H26F2N4O5/c1-35-21-11-30-24-22(17(13-34)23(28)31-24)26(21,32-15-8-9-16(12-33)36-14-15)18-5-2-3-7-20(18)37-25-19(27)6-4-10-29-25/h2-7,10-11,13,15-16,23,32-33H,8-9,12,14H2,1H3,(H,30,31)/t15-,16+,23?,26?/m1/s1. The molecular formula is C26H26F2N4O5. The van der Waals surface area contributed by atoms with Gasteiger partial charge in [0.05, 0.1) is 32.0 Å². The number of carbonyl (C=O) groups is 1. The largest absolute Gasteiger partial charge is 0.497 e. The molecule has 9 nitrogen and oxygen atoms in total. The van der Waals surface area contributed by atoms with Gasteiger partial charge in [-0.3, -0.25) is 10.1 Å². The lowest BCUT2D eigenvalue weighted by Crippen LogP contribution is -2.58. The minimum absolute atomic E-state index is 0.0991. The predicted octanol–water partition coefficient (Wildman–Crippen LogP) is 2.63. The third-order valence-electron chi connectivity index (χ3n) is 6.67. The van der Waals surface area contributed by atoms with Crippen molar-refractivity contribution in [3.05, 3.63) is 77.1 Å². The number of aromatic nitrogens is 1. The highest BCUT2D eigenvalue weighted by Crippen LogP contribution is 2.48. The quantitative estimate of drug-likeness (QED) is 0.366. The molecule has 0 bridgehead atoms. The zero-order chi connectivity index (χ0) is 26.0. The first kappa shape index (κ1) is 25.0. The second kappa shape index (κ2) is 10.4. The van der Waals surface area contributed by atoms with Crippen LogP contribution in [0.15, 0.2) is 70.7 Å². The second-order valence-corrected chi connectivity index (χ2v) is 8.81. The smallest absolute Gasteiger partial charge is 0.255 e. The fraction of sp³-hybridized carbons (Fsp3) is 0.346. The molecule has 0 amide bonds. The Morgan fingerprint density at radius 2 is 2.14 bits per heavy atom. The van der Waals surface area contributed by atoms with Crippen LogP contribution in [0, 0.1) is 5.82 Å². The summed E-state index contributed by atoms with van der Waals surface area (Å²) >= 11 is 0. The van der Waals surface area contributed by atoms with Crippen molar-refractivity contribution in [2.45, 2.75) is 36.8 Å². The fourth-order valence-corrected chi connectivity index (χ4v) is 4.97. The number of amidine groups is 1. The van der Waals surface area contributed by atoms with Crippen LogP contribution in [0.3, 0.4) is 0 Å². The Balaban J connectivity index is 1.70. The highest BCUT2D eigenvalue weighted by molar-refractivity contribution is 6.10. The lowest BCUT2D eigenvalue weighted by Gasteiger charge is -2.44. The first-order valence-corrected chi connectivity index (χ1v) is 11.8. The van der Waals surface area contributed by atoms with Crippen molar-refractivity contribution in [3.63, 3.8) is 0 Å². The molecule has 1 aromatic carbocycles. The molecule has 0 aliphatic carbocycles. The number of carbonyl (C=O) groups excluding carboxylic acids is 1. The summed E-state index contributed by atoms with van der Waals surface area (Å²) in [5.74, 6) is -0.241. The number of alkyl halides is 1. The number of hydrogen-bond acceptors (Lipinski definition) is 9. The first-order valence-electron chi connectivity index (χ1n) is 11.8. The Hall–Kier alpha value is -3.67. The number of aldehydes is 1. The van der Waals surface area contributed by atoms with Crippen molar-refractivity contribution < 1.29 is 32.9 Å². The van der Waals surface area contributed by atoms with Gasteiger partial charge in [0.1, 0.15) is 22.9 Å². The van der Waals surface area contributed by atoms with E-state index in [-0.39, 0.29) is 54.0 Å². The highest BCUT2D eigenvalue weighted by Gasteiger charge is 2.53. The maximum atomic E-state index is 15.0. The number of halogens is 2. The van der Waals surface area contributed by atoms with Gasteiger partial charge in [0.2, 0.25) is 6.30 Å². The summed E-state index contributed by atoms with van der Waals surface area (Å²) in [5.41, 5.74) is -0.981. The lowest BCUT2D eigenvalue weighted by molar-refractivity contribution is -0.105. The van der Waals surface area contributed by atoms with Crippen molar-refractivity contribution in [1.82, 2.24) is 15.6 Å². The van der Waals surface area contributed by atoms with E-state index in [9.17, 15) is 14.3 Å². The van der Waals surface area contributed by atoms with Crippen LogP contribution in [0.4, 0.5) is 8.78 Å². The Labute approximate surface area is 211 Å². The Morgan fingerprint density at radius 1 is 1.30 bits per heavy atom. The van der Waals surface area contributed by atoms with Gasteiger partial charge < -0.3 is 24.6 Å². The molecule has 2 aromatic rings. The monoisotopic (exact) mass is 512 g/mol. The minimum atomic E-state index is -1.89. The molecule has 3 N–H and O–H groups in total. The van der Waals surface area contributed by atoms with Crippen LogP contribution in [0.2, 0.25) is 0 Å². The summed E-state index contributed by atoms with van der Waals surface area (Å²) in [6.07, 6.45) is 2.40. The van der Waals surface area contributed by atoms with Gasteiger partial charge in [-0.25, -0.2) is 18.8 Å². The molecule has 1 saturated heterocycles. The van der Waals surface area contributed by atoms with Crippen LogP contribution in [-0.2, 0) is 19.8 Å². The Kier molecular flexibility index (Phi) is 7.00. The summed E-state index contributed by atoms with van der Waals surface area (Å²) in [6.45, 7) is 0.141. The summed E-state index contributed by atoms with van der Waals surface area (Å²) in [7, 11) is 1.45. The van der Waals surface area contributed by atoms with Gasteiger partial charge in [0.15, 0.2) is 12.1 Å². The molecule has 0 saturated carbocycles. The molecule has 194 valence electrons. The fourth-order valence-electron chi connectivity index (χ4n) is 4.97. The summed E-state index contributed by atoms with van der Waals surface area (Å²) in [5, 5.41) is 15.9. The van der Waals surface area contributed by atoms with E-state index in [0.29, 0.717) is 30.5 Å². The van der Waals surface area contributed by atoms with Crippen molar-refractivity contribution in [3.8, 4) is 11.6 Å². The zero-order valence-corrected chi connectivity index (χ0v) is 20.0. The highest BCUT2D eigenvalue weighted by atomic mass is 19.1. The molecule has 37 heavy (non-hydrogen) atoms. The molecule has 11 heteroatoms. The van der Waals surface area contributed by atoms with E-state index >= 15 is 4.39 Å². The molecule has 5 rings (SSSR count). The molecule has 0 spiro atoms. The molecule has 3 aliphatic rings. The van der Waals surface area contributed by atoms with Crippen LogP contribution in [0.25, 0.3) is 0 Å². The third-order valence-corrected chi connectivity index (χ3v) is 6.67. The molecule has 2 unspecified atom stereocenters. The number of rotatable bonds is 8. The number of ether oxygens (including phenoxy) is 3. The number of benzene rings is 1. The van der Waals surface area contributed by atoms with Crippen LogP contribution in [0.5, 0.6) is 11.6 Å². The normalized spacial score (nSPS) is 27.1. The zero-order valence-electron chi connectivity index (χ0n) is 20.0. The van der Waals surface area contributed by atoms with Crippen LogP contribution in [0.1, 0.15) is 18.4 Å². The van der Waals surface area contributed by atoms with Gasteiger partial charge in [-0.1, -0.05) is 18.2 Å². The van der Waals surface area contributed by atoms with Gasteiger partial charge in [-0.15, -0.1) is 0 Å². The van der Waals surface area contributed by atoms with Gasteiger partial charge in [-0.2, -0.15) is 0 Å². The predicted molar refractivity (Wildman–Crippen MR) is 129 cm³/mol. The molecular weight excluding hydrogens is 486 g/mol. The SMILES string of the molecule is COC1=CNC2=NC(F)C(C=O)=C2C1(N[C@@H]1CC[C@@H](CO)OC1)c1ccccc1Oc1ncccc1F. The number of aliphatic hydroxyl groups is 1. The number of hydrogen-bond donors (Lipinski definition) is 3. The maximum absolute atomic E-state index is 15.0. The van der Waals surface area contributed by atoms with E-state index in [0.717, 1.165) is 0 Å². The molecule has 1 aromatic heterocycles. The number of nitrogens with zero attached hydrogens (tertiary/aromatic N) is 2. The first-order chi connectivity index (χ1) is 18.0. The van der Waals surface area contributed by atoms with E-state index in [1.54, 1.807) is 24.3 Å². The number of fused-ring (bicyclic) bond motifs is 1. The molecule has 4 heterocycles. The molecule has 1 fully saturated rings. The topological polar surface area (TPSA) is 114 Å². The molecule has 0 radical (unpaired) electrons. The van der Waals surface area contributed by atoms with Gasteiger partial charge >= 0.3 is 0 Å². The number of nitrogens with one attached hydrogen (secondary N) is 2. The average Bonchev–Trinajstić information content (AvgIpc) is 3.26. The number of pyridine rings is 1. The summed E-state index contributed by atoms with van der Waals surface area (Å²) in [4.78, 5) is 20.2. The van der Waals surface area contributed by atoms with E-state index in [2.05, 4.69) is 20.6 Å². The van der Waals surface area contributed by atoms with E-state index in [1.165, 1.54) is 31.6 Å². The van der Waals surface area contributed by atoms with Gasteiger partial charge in [-0.05, 0) is 31.0 Å². The maximum Gasteiger partial charge on any atom is 0.255 e. The number of aliphatic imine (C=N–C) groups is 1. The number of aliphatic hydroxyl groups excluding tert-OH is 1. The van der Waals surface area contributed by atoms with Gasteiger partial charge in [0, 0.05) is 29.6 Å². The Bertz CT molecular complexity index is 1280. The summed E-state index contributed by atoms with van der Waals surface area (Å²) in [6, 6.07) is 9.18. The Morgan fingerprint density at radius 3 is 2.84 bits per heavy atom. The number of methoxy groups -OCH3 is 1.